The number of alkyl halides is 3. The molecule has 0 N–H and O–H groups in total. The monoisotopic (exact) mass is 304 g/mol. The van der Waals surface area contributed by atoms with Crippen molar-refractivity contribution in [2.24, 2.45) is 0 Å². The van der Waals surface area contributed by atoms with Gasteiger partial charge in [0.1, 0.15) is 12.3 Å². The molecule has 108 valence electrons. The van der Waals surface area contributed by atoms with Gasteiger partial charge in [0, 0.05) is 5.38 Å². The summed E-state index contributed by atoms with van der Waals surface area (Å²) < 4.78 is 43.0. The lowest BCUT2D eigenvalue weighted by molar-refractivity contribution is -0.118. The van der Waals surface area contributed by atoms with Crippen molar-refractivity contribution in [3.05, 3.63) is 34.7 Å². The maximum absolute atomic E-state index is 12.6. The number of hydrogen-bond donors (Lipinski definition) is 0. The molecule has 0 unspecified atom stereocenters. The predicted octanol–water partition coefficient (Wildman–Crippen LogP) is 3.56. The number of hydrogen-bond acceptors (Lipinski definition) is 4. The molecule has 0 aliphatic rings. The number of amides is 1. The van der Waals surface area contributed by atoms with Crippen LogP contribution in [0.15, 0.2) is 21.9 Å². The summed E-state index contributed by atoms with van der Waals surface area (Å²) in [5.74, 6) is -0.542. The molecule has 0 saturated heterocycles. The van der Waals surface area contributed by atoms with Crippen LogP contribution in [0.1, 0.15) is 22.0 Å². The number of nitrogens with zero attached hydrogens (tertiary/aromatic N) is 2. The van der Waals surface area contributed by atoms with Crippen molar-refractivity contribution in [3.63, 3.8) is 0 Å². The van der Waals surface area contributed by atoms with Gasteiger partial charge in [-0.25, -0.2) is 4.98 Å². The summed E-state index contributed by atoms with van der Waals surface area (Å²) in [4.78, 5) is 16.7. The lowest BCUT2D eigenvalue weighted by Crippen LogP contribution is -2.39. The second kappa shape index (κ2) is 5.28. The molecule has 0 aliphatic carbocycles. The second-order valence-electron chi connectivity index (χ2n) is 4.19. The Morgan fingerprint density at radius 2 is 2.10 bits per heavy atom. The van der Waals surface area contributed by atoms with E-state index >= 15 is 0 Å². The van der Waals surface area contributed by atoms with Crippen LogP contribution in [0.4, 0.5) is 18.3 Å². The van der Waals surface area contributed by atoms with E-state index in [9.17, 15) is 18.0 Å². The fraction of sp³-hybridized carbons (Fsp3) is 0.333. The molecule has 2 rings (SSSR count). The van der Waals surface area contributed by atoms with E-state index in [4.69, 9.17) is 4.42 Å². The number of halogens is 3. The van der Waals surface area contributed by atoms with Crippen LogP contribution in [0, 0.1) is 13.8 Å². The van der Waals surface area contributed by atoms with Crippen molar-refractivity contribution in [2.45, 2.75) is 20.0 Å². The molecule has 2 heterocycles. The summed E-state index contributed by atoms with van der Waals surface area (Å²) in [6.45, 7) is 1.85. The third-order valence-electron chi connectivity index (χ3n) is 2.37. The third-order valence-corrected chi connectivity index (χ3v) is 3.35. The van der Waals surface area contributed by atoms with Gasteiger partial charge in [-0.1, -0.05) is 0 Å². The Morgan fingerprint density at radius 1 is 1.40 bits per heavy atom. The zero-order valence-corrected chi connectivity index (χ0v) is 11.5. The van der Waals surface area contributed by atoms with Crippen LogP contribution in [-0.4, -0.2) is 23.6 Å². The van der Waals surface area contributed by atoms with Crippen molar-refractivity contribution < 1.29 is 22.4 Å². The number of aromatic nitrogens is 1. The number of furan rings is 1. The van der Waals surface area contributed by atoms with Crippen molar-refractivity contribution in [1.82, 2.24) is 4.98 Å². The number of anilines is 1. The first-order chi connectivity index (χ1) is 9.26. The first-order valence-electron chi connectivity index (χ1n) is 5.63. The van der Waals surface area contributed by atoms with Crippen LogP contribution in [0.5, 0.6) is 0 Å². The second-order valence-corrected chi connectivity index (χ2v) is 5.02. The van der Waals surface area contributed by atoms with Gasteiger partial charge in [-0.3, -0.25) is 9.69 Å². The molecule has 0 bridgehead atoms. The normalized spacial score (nSPS) is 11.7. The average molecular weight is 304 g/mol. The Morgan fingerprint density at radius 3 is 2.55 bits per heavy atom. The fourth-order valence-corrected chi connectivity index (χ4v) is 2.35. The minimum Gasteiger partial charge on any atom is -0.456 e. The minimum absolute atomic E-state index is 0.00104. The number of carbonyl (C=O) groups excluding carboxylic acids is 1. The molecule has 0 aliphatic heterocycles. The van der Waals surface area contributed by atoms with E-state index in [1.165, 1.54) is 12.1 Å². The van der Waals surface area contributed by atoms with Crippen molar-refractivity contribution >= 4 is 22.4 Å². The number of aryl methyl sites for hydroxylation is 2. The lowest BCUT2D eigenvalue weighted by atomic mass is 10.3. The van der Waals surface area contributed by atoms with E-state index in [0.717, 1.165) is 11.3 Å². The maximum Gasteiger partial charge on any atom is 0.406 e. The van der Waals surface area contributed by atoms with Crippen LogP contribution >= 0.6 is 11.3 Å². The average Bonchev–Trinajstić information content (AvgIpc) is 2.93. The van der Waals surface area contributed by atoms with Crippen molar-refractivity contribution in [3.8, 4) is 0 Å². The molecule has 8 heteroatoms. The van der Waals surface area contributed by atoms with Gasteiger partial charge in [-0.2, -0.15) is 13.2 Å². The first kappa shape index (κ1) is 14.6. The van der Waals surface area contributed by atoms with Crippen LogP contribution in [0.3, 0.4) is 0 Å². The molecule has 0 atom stereocenters. The van der Waals surface area contributed by atoms with Gasteiger partial charge in [0.2, 0.25) is 0 Å². The molecule has 4 nitrogen and oxygen atoms in total. The van der Waals surface area contributed by atoms with Crippen molar-refractivity contribution in [1.29, 1.82) is 0 Å². The first-order valence-corrected chi connectivity index (χ1v) is 6.51. The third kappa shape index (κ3) is 3.38. The van der Waals surface area contributed by atoms with E-state index in [1.807, 2.05) is 0 Å². The topological polar surface area (TPSA) is 46.3 Å². The Balaban J connectivity index is 2.33. The summed E-state index contributed by atoms with van der Waals surface area (Å²) >= 11 is 0.980. The van der Waals surface area contributed by atoms with Crippen molar-refractivity contribution in [2.75, 3.05) is 11.4 Å². The summed E-state index contributed by atoms with van der Waals surface area (Å²) in [5, 5.41) is 1.58. The summed E-state index contributed by atoms with van der Waals surface area (Å²) in [7, 11) is 0. The Bertz CT molecular complexity index is 618. The quantitative estimate of drug-likeness (QED) is 0.871. The molecule has 0 saturated carbocycles. The number of carbonyl (C=O) groups is 1. The maximum atomic E-state index is 12.6. The number of thiazole rings is 1. The molecular formula is C12H11F3N2O2S. The molecular weight excluding hydrogens is 293 g/mol. The molecule has 20 heavy (non-hydrogen) atoms. The number of rotatable bonds is 3. The van der Waals surface area contributed by atoms with E-state index in [1.54, 1.807) is 19.2 Å². The van der Waals surface area contributed by atoms with Crippen LogP contribution < -0.4 is 4.90 Å². The standard InChI is InChI=1S/C12H11F3N2O2S/c1-7-5-20-11(16-7)17(6-12(13,14)15)10(18)9-4-3-8(2)19-9/h3-5H,6H2,1-2H3. The smallest absolute Gasteiger partial charge is 0.406 e. The van der Waals surface area contributed by atoms with Gasteiger partial charge >= 0.3 is 6.18 Å². The minimum atomic E-state index is -4.52. The zero-order chi connectivity index (χ0) is 14.9. The molecule has 0 radical (unpaired) electrons. The van der Waals surface area contributed by atoms with Gasteiger partial charge in [-0.15, -0.1) is 11.3 Å². The fourth-order valence-electron chi connectivity index (χ4n) is 1.55. The van der Waals surface area contributed by atoms with Gasteiger partial charge < -0.3 is 4.42 Å². The molecule has 0 fully saturated rings. The molecule has 1 amide bonds. The Kier molecular flexibility index (Phi) is 3.85. The predicted molar refractivity (Wildman–Crippen MR) is 68.0 cm³/mol. The van der Waals surface area contributed by atoms with Crippen LogP contribution in [-0.2, 0) is 0 Å². The SMILES string of the molecule is Cc1csc(N(CC(F)(F)F)C(=O)c2ccc(C)o2)n1. The van der Waals surface area contributed by atoms with Gasteiger partial charge in [-0.05, 0) is 26.0 Å². The molecule has 0 spiro atoms. The van der Waals surface area contributed by atoms with Crippen LogP contribution in [0.25, 0.3) is 0 Å². The van der Waals surface area contributed by atoms with E-state index in [0.29, 0.717) is 16.4 Å². The van der Waals surface area contributed by atoms with E-state index in [-0.39, 0.29) is 10.9 Å². The van der Waals surface area contributed by atoms with E-state index in [2.05, 4.69) is 4.98 Å². The lowest BCUT2D eigenvalue weighted by Gasteiger charge is -2.20. The zero-order valence-electron chi connectivity index (χ0n) is 10.7. The molecule has 0 aromatic carbocycles. The Labute approximate surface area is 116 Å². The van der Waals surface area contributed by atoms with Gasteiger partial charge in [0.05, 0.1) is 5.69 Å². The van der Waals surface area contributed by atoms with Gasteiger partial charge in [0.25, 0.3) is 5.91 Å². The summed E-state index contributed by atoms with van der Waals surface area (Å²) in [6.07, 6.45) is -4.52. The Hall–Kier alpha value is -1.83. The van der Waals surface area contributed by atoms with Crippen LogP contribution in [0.2, 0.25) is 0 Å². The molecule has 2 aromatic rings. The van der Waals surface area contributed by atoms with E-state index < -0.39 is 18.6 Å². The highest BCUT2D eigenvalue weighted by atomic mass is 32.1. The summed E-state index contributed by atoms with van der Waals surface area (Å²) in [6, 6.07) is 2.87. The summed E-state index contributed by atoms with van der Waals surface area (Å²) in [5.41, 5.74) is 0.556. The van der Waals surface area contributed by atoms with Gasteiger partial charge in [0.15, 0.2) is 10.9 Å². The largest absolute Gasteiger partial charge is 0.456 e. The molecule has 2 aromatic heterocycles. The highest BCUT2D eigenvalue weighted by Gasteiger charge is 2.36. The highest BCUT2D eigenvalue weighted by molar-refractivity contribution is 7.14. The highest BCUT2D eigenvalue weighted by Crippen LogP contribution is 2.27.